The SMILES string of the molecule is CC(C)(C)N1CN(C(C)(C)C)C(=S)C(c2ccccc2)(c2ccccn2)C1. The lowest BCUT2D eigenvalue weighted by Gasteiger charge is -2.56. The average molecular weight is 382 g/mol. The topological polar surface area (TPSA) is 19.4 Å². The molecule has 27 heavy (non-hydrogen) atoms. The van der Waals surface area contributed by atoms with Crippen molar-refractivity contribution in [3.05, 3.63) is 66.0 Å². The van der Waals surface area contributed by atoms with Gasteiger partial charge in [0, 0.05) is 23.8 Å². The predicted octanol–water partition coefficient (Wildman–Crippen LogP) is 4.87. The average Bonchev–Trinajstić information content (AvgIpc) is 2.61. The van der Waals surface area contributed by atoms with Crippen LogP contribution in [0.1, 0.15) is 52.8 Å². The summed E-state index contributed by atoms with van der Waals surface area (Å²) in [7, 11) is 0. The van der Waals surface area contributed by atoms with E-state index in [1.165, 1.54) is 5.56 Å². The van der Waals surface area contributed by atoms with Crippen molar-refractivity contribution in [2.75, 3.05) is 13.2 Å². The Balaban J connectivity index is 2.27. The minimum Gasteiger partial charge on any atom is -0.347 e. The molecule has 3 nitrogen and oxygen atoms in total. The number of hydrogen-bond donors (Lipinski definition) is 0. The number of nitrogens with zero attached hydrogens (tertiary/aromatic N) is 3. The van der Waals surface area contributed by atoms with E-state index in [1.54, 1.807) is 0 Å². The zero-order chi connectivity index (χ0) is 19.9. The van der Waals surface area contributed by atoms with Crippen LogP contribution < -0.4 is 0 Å². The third-order valence-electron chi connectivity index (χ3n) is 5.48. The van der Waals surface area contributed by atoms with Gasteiger partial charge in [-0.1, -0.05) is 48.6 Å². The molecule has 2 heterocycles. The Labute approximate surface area is 169 Å². The van der Waals surface area contributed by atoms with E-state index in [4.69, 9.17) is 17.2 Å². The number of aromatic nitrogens is 1. The molecule has 1 aliphatic rings. The molecular formula is C23H31N3S. The van der Waals surface area contributed by atoms with E-state index >= 15 is 0 Å². The maximum Gasteiger partial charge on any atom is 0.101 e. The van der Waals surface area contributed by atoms with Crippen molar-refractivity contribution in [1.82, 2.24) is 14.8 Å². The molecule has 0 saturated carbocycles. The second kappa shape index (κ2) is 6.99. The Morgan fingerprint density at radius 2 is 1.52 bits per heavy atom. The van der Waals surface area contributed by atoms with Gasteiger partial charge in [0.1, 0.15) is 5.41 Å². The van der Waals surface area contributed by atoms with Crippen LogP contribution in [0.25, 0.3) is 0 Å². The first-order chi connectivity index (χ1) is 12.6. The first kappa shape index (κ1) is 20.0. The van der Waals surface area contributed by atoms with Crippen molar-refractivity contribution in [3.63, 3.8) is 0 Å². The van der Waals surface area contributed by atoms with Crippen molar-refractivity contribution in [2.45, 2.75) is 58.0 Å². The van der Waals surface area contributed by atoms with E-state index in [0.29, 0.717) is 0 Å². The van der Waals surface area contributed by atoms with Gasteiger partial charge in [-0.3, -0.25) is 9.88 Å². The Hall–Kier alpha value is -1.78. The molecule has 0 aliphatic carbocycles. The molecule has 3 rings (SSSR count). The third-order valence-corrected chi connectivity index (χ3v) is 6.05. The van der Waals surface area contributed by atoms with Crippen LogP contribution >= 0.6 is 12.2 Å². The maximum atomic E-state index is 6.21. The normalized spacial score (nSPS) is 22.1. The zero-order valence-electron chi connectivity index (χ0n) is 17.4. The summed E-state index contributed by atoms with van der Waals surface area (Å²) in [5.41, 5.74) is 1.72. The maximum absolute atomic E-state index is 6.21. The number of rotatable bonds is 2. The van der Waals surface area contributed by atoms with Crippen LogP contribution in [0.15, 0.2) is 54.7 Å². The van der Waals surface area contributed by atoms with Gasteiger partial charge in [0.05, 0.1) is 17.4 Å². The summed E-state index contributed by atoms with van der Waals surface area (Å²) in [4.78, 5) is 10.6. The molecule has 1 atom stereocenters. The van der Waals surface area contributed by atoms with Gasteiger partial charge in [0.25, 0.3) is 0 Å². The number of pyridine rings is 1. The van der Waals surface area contributed by atoms with Crippen LogP contribution in [-0.2, 0) is 5.41 Å². The van der Waals surface area contributed by atoms with Gasteiger partial charge in [-0.05, 0) is 59.2 Å². The summed E-state index contributed by atoms with van der Waals surface area (Å²) >= 11 is 6.21. The standard InChI is InChI=1S/C23H31N3S/c1-21(2,3)25-16-23(18-12-8-7-9-13-18,19-14-10-11-15-24-19)20(27)26(17-25)22(4,5)6/h7-15H,16-17H2,1-6H3. The van der Waals surface area contributed by atoms with Crippen molar-refractivity contribution in [2.24, 2.45) is 0 Å². The Kier molecular flexibility index (Phi) is 5.17. The number of benzene rings is 1. The first-order valence-corrected chi connectivity index (χ1v) is 10.0. The molecule has 1 unspecified atom stereocenters. The van der Waals surface area contributed by atoms with Crippen LogP contribution in [0.5, 0.6) is 0 Å². The van der Waals surface area contributed by atoms with Gasteiger partial charge in [0.15, 0.2) is 0 Å². The Bertz CT molecular complexity index is 748. The van der Waals surface area contributed by atoms with Gasteiger partial charge >= 0.3 is 0 Å². The Morgan fingerprint density at radius 3 is 2.04 bits per heavy atom. The number of thiocarbonyl (C=S) groups is 1. The molecule has 1 aromatic carbocycles. The second-order valence-corrected chi connectivity index (χ2v) is 9.79. The number of hydrogen-bond acceptors (Lipinski definition) is 3. The molecule has 0 bridgehead atoms. The molecule has 1 fully saturated rings. The minimum absolute atomic E-state index is 0.0222. The molecule has 0 spiro atoms. The highest BCUT2D eigenvalue weighted by atomic mass is 32.1. The molecule has 144 valence electrons. The quantitative estimate of drug-likeness (QED) is 0.691. The lowest BCUT2D eigenvalue weighted by atomic mass is 9.73. The fourth-order valence-electron chi connectivity index (χ4n) is 3.73. The van der Waals surface area contributed by atoms with Crippen LogP contribution in [0.3, 0.4) is 0 Å². The van der Waals surface area contributed by atoms with Gasteiger partial charge in [0.2, 0.25) is 0 Å². The molecule has 0 amide bonds. The van der Waals surface area contributed by atoms with E-state index < -0.39 is 5.41 Å². The smallest absolute Gasteiger partial charge is 0.101 e. The highest BCUT2D eigenvalue weighted by molar-refractivity contribution is 7.80. The van der Waals surface area contributed by atoms with Gasteiger partial charge in [-0.25, -0.2) is 0 Å². The van der Waals surface area contributed by atoms with Gasteiger partial charge in [-0.15, -0.1) is 0 Å². The van der Waals surface area contributed by atoms with Crippen molar-refractivity contribution in [3.8, 4) is 0 Å². The van der Waals surface area contributed by atoms with Crippen molar-refractivity contribution in [1.29, 1.82) is 0 Å². The fourth-order valence-corrected chi connectivity index (χ4v) is 4.34. The predicted molar refractivity (Wildman–Crippen MR) is 117 cm³/mol. The summed E-state index contributed by atoms with van der Waals surface area (Å²) in [5, 5.41) is 0. The van der Waals surface area contributed by atoms with Crippen LogP contribution in [0.2, 0.25) is 0 Å². The molecule has 2 aromatic rings. The highest BCUT2D eigenvalue weighted by Crippen LogP contribution is 2.41. The molecule has 0 N–H and O–H groups in total. The van der Waals surface area contributed by atoms with E-state index in [2.05, 4.69) is 93.8 Å². The monoisotopic (exact) mass is 381 g/mol. The summed E-state index contributed by atoms with van der Waals surface area (Å²) in [6, 6.07) is 16.8. The second-order valence-electron chi connectivity index (χ2n) is 9.40. The van der Waals surface area contributed by atoms with E-state index in [1.807, 2.05) is 12.3 Å². The van der Waals surface area contributed by atoms with Gasteiger partial charge in [-0.2, -0.15) is 0 Å². The van der Waals surface area contributed by atoms with E-state index in [0.717, 1.165) is 23.9 Å². The molecule has 1 saturated heterocycles. The molecule has 1 aliphatic heterocycles. The summed E-state index contributed by atoms with van der Waals surface area (Å²) in [5.74, 6) is 0. The lowest BCUT2D eigenvalue weighted by Crippen LogP contribution is -2.68. The fraction of sp³-hybridized carbons (Fsp3) is 0.478. The summed E-state index contributed by atoms with van der Waals surface area (Å²) in [6.07, 6.45) is 1.88. The largest absolute Gasteiger partial charge is 0.347 e. The third kappa shape index (κ3) is 3.65. The Morgan fingerprint density at radius 1 is 0.889 bits per heavy atom. The molecule has 4 heteroatoms. The van der Waals surface area contributed by atoms with Crippen molar-refractivity contribution < 1.29 is 0 Å². The summed E-state index contributed by atoms with van der Waals surface area (Å²) < 4.78 is 0. The van der Waals surface area contributed by atoms with E-state index in [9.17, 15) is 0 Å². The van der Waals surface area contributed by atoms with Crippen LogP contribution in [-0.4, -0.2) is 44.1 Å². The van der Waals surface area contributed by atoms with Crippen molar-refractivity contribution >= 4 is 17.2 Å². The molecular weight excluding hydrogens is 350 g/mol. The molecule has 0 radical (unpaired) electrons. The highest BCUT2D eigenvalue weighted by Gasteiger charge is 2.51. The van der Waals surface area contributed by atoms with Crippen LogP contribution in [0.4, 0.5) is 0 Å². The van der Waals surface area contributed by atoms with Gasteiger partial charge < -0.3 is 4.90 Å². The lowest BCUT2D eigenvalue weighted by molar-refractivity contribution is 0.0210. The van der Waals surface area contributed by atoms with Crippen LogP contribution in [0, 0.1) is 0 Å². The molecule has 1 aromatic heterocycles. The summed E-state index contributed by atoms with van der Waals surface area (Å²) in [6.45, 7) is 15.2. The zero-order valence-corrected chi connectivity index (χ0v) is 18.2. The minimum atomic E-state index is -0.448. The first-order valence-electron chi connectivity index (χ1n) is 9.61. The van der Waals surface area contributed by atoms with E-state index in [-0.39, 0.29) is 11.1 Å².